The van der Waals surface area contributed by atoms with Gasteiger partial charge in [-0.15, -0.1) is 0 Å². The smallest absolute Gasteiger partial charge is 0.0599 e. The summed E-state index contributed by atoms with van der Waals surface area (Å²) in [7, 11) is 3.81. The molecule has 0 saturated heterocycles. The Labute approximate surface area is 138 Å². The summed E-state index contributed by atoms with van der Waals surface area (Å²) >= 11 is 0. The van der Waals surface area contributed by atoms with Crippen LogP contribution in [0.2, 0.25) is 0 Å². The Kier molecular flexibility index (Phi) is 7.21. The van der Waals surface area contributed by atoms with Crippen LogP contribution >= 0.6 is 0 Å². The number of methoxy groups -OCH3 is 2. The first kappa shape index (κ1) is 18.3. The van der Waals surface area contributed by atoms with Crippen LogP contribution in [0.5, 0.6) is 0 Å². The molecule has 0 aromatic carbocycles. The Morgan fingerprint density at radius 2 is 1.18 bits per heavy atom. The molecule has 0 aliphatic heterocycles. The van der Waals surface area contributed by atoms with E-state index in [2.05, 4.69) is 20.8 Å². The second-order valence-electron chi connectivity index (χ2n) is 8.48. The van der Waals surface area contributed by atoms with Crippen LogP contribution in [0, 0.1) is 29.6 Å². The lowest BCUT2D eigenvalue weighted by Crippen LogP contribution is -2.34. The lowest BCUT2D eigenvalue weighted by molar-refractivity contribution is -0.0137. The molecule has 0 bridgehead atoms. The maximum Gasteiger partial charge on any atom is 0.0599 e. The maximum atomic E-state index is 5.78. The Balaban J connectivity index is 1.86. The number of ether oxygens (including phenoxy) is 2. The van der Waals surface area contributed by atoms with Gasteiger partial charge < -0.3 is 9.47 Å². The molecule has 0 amide bonds. The molecule has 0 radical (unpaired) electrons. The van der Waals surface area contributed by atoms with Crippen molar-refractivity contribution in [3.05, 3.63) is 0 Å². The fraction of sp³-hybridized carbons (Fsp3) is 1.00. The average Bonchev–Trinajstić information content (AvgIpc) is 2.47. The quantitative estimate of drug-likeness (QED) is 0.662. The summed E-state index contributed by atoms with van der Waals surface area (Å²) in [6, 6.07) is 0. The van der Waals surface area contributed by atoms with E-state index in [0.717, 1.165) is 29.6 Å². The summed E-state index contributed by atoms with van der Waals surface area (Å²) in [6.45, 7) is 7.28. The van der Waals surface area contributed by atoms with E-state index in [4.69, 9.17) is 9.47 Å². The highest BCUT2D eigenvalue weighted by Gasteiger charge is 2.33. The molecule has 2 heteroatoms. The van der Waals surface area contributed by atoms with Crippen molar-refractivity contribution >= 4 is 0 Å². The Morgan fingerprint density at radius 1 is 0.773 bits per heavy atom. The Morgan fingerprint density at radius 3 is 1.55 bits per heavy atom. The van der Waals surface area contributed by atoms with Crippen LogP contribution in [-0.2, 0) is 9.47 Å². The number of hydrogen-bond donors (Lipinski definition) is 0. The predicted molar refractivity (Wildman–Crippen MR) is 93.0 cm³/mol. The zero-order valence-corrected chi connectivity index (χ0v) is 15.5. The fourth-order valence-electron chi connectivity index (χ4n) is 5.19. The SMILES string of the molecule is COC1CCC(C)CC1CC(C)CC1CC(C)CCC1OC. The zero-order chi connectivity index (χ0) is 16.1. The van der Waals surface area contributed by atoms with Gasteiger partial charge in [0.05, 0.1) is 12.2 Å². The van der Waals surface area contributed by atoms with Crippen molar-refractivity contribution in [2.45, 2.75) is 84.3 Å². The van der Waals surface area contributed by atoms with Crippen molar-refractivity contribution in [1.82, 2.24) is 0 Å². The molecule has 6 unspecified atom stereocenters. The highest BCUT2D eigenvalue weighted by Crippen LogP contribution is 2.39. The van der Waals surface area contributed by atoms with Crippen LogP contribution in [-0.4, -0.2) is 26.4 Å². The van der Waals surface area contributed by atoms with E-state index in [1.54, 1.807) is 0 Å². The molecule has 0 aromatic heterocycles. The van der Waals surface area contributed by atoms with Crippen LogP contribution in [0.25, 0.3) is 0 Å². The highest BCUT2D eigenvalue weighted by atomic mass is 16.5. The Bertz CT molecular complexity index is 287. The summed E-state index contributed by atoms with van der Waals surface area (Å²) < 4.78 is 11.6. The molecule has 2 saturated carbocycles. The topological polar surface area (TPSA) is 18.5 Å². The van der Waals surface area contributed by atoms with Crippen LogP contribution in [0.15, 0.2) is 0 Å². The van der Waals surface area contributed by atoms with Gasteiger partial charge in [-0.05, 0) is 81.0 Å². The van der Waals surface area contributed by atoms with Crippen molar-refractivity contribution in [3.8, 4) is 0 Å². The van der Waals surface area contributed by atoms with Gasteiger partial charge in [-0.2, -0.15) is 0 Å². The molecule has 130 valence electrons. The summed E-state index contributed by atoms with van der Waals surface area (Å²) in [6.07, 6.45) is 11.6. The van der Waals surface area contributed by atoms with E-state index in [1.807, 2.05) is 14.2 Å². The lowest BCUT2D eigenvalue weighted by Gasteiger charge is -2.38. The van der Waals surface area contributed by atoms with E-state index < -0.39 is 0 Å². The van der Waals surface area contributed by atoms with Gasteiger partial charge >= 0.3 is 0 Å². The first-order valence-corrected chi connectivity index (χ1v) is 9.59. The summed E-state index contributed by atoms with van der Waals surface area (Å²) in [4.78, 5) is 0. The first-order valence-electron chi connectivity index (χ1n) is 9.59. The fourth-order valence-corrected chi connectivity index (χ4v) is 5.19. The number of rotatable bonds is 6. The van der Waals surface area contributed by atoms with E-state index in [0.29, 0.717) is 12.2 Å². The van der Waals surface area contributed by atoms with Gasteiger partial charge in [-0.3, -0.25) is 0 Å². The van der Waals surface area contributed by atoms with E-state index in [9.17, 15) is 0 Å². The summed E-state index contributed by atoms with van der Waals surface area (Å²) in [5, 5.41) is 0. The largest absolute Gasteiger partial charge is 0.381 e. The van der Waals surface area contributed by atoms with Gasteiger partial charge in [0.25, 0.3) is 0 Å². The minimum absolute atomic E-state index is 0.502. The molecular formula is C20H38O2. The monoisotopic (exact) mass is 310 g/mol. The molecule has 2 fully saturated rings. The van der Waals surface area contributed by atoms with Gasteiger partial charge in [0.2, 0.25) is 0 Å². The minimum atomic E-state index is 0.502. The second-order valence-corrected chi connectivity index (χ2v) is 8.48. The first-order chi connectivity index (χ1) is 10.5. The van der Waals surface area contributed by atoms with Gasteiger partial charge in [0.15, 0.2) is 0 Å². The second kappa shape index (κ2) is 8.68. The molecule has 22 heavy (non-hydrogen) atoms. The number of hydrogen-bond acceptors (Lipinski definition) is 2. The molecule has 0 heterocycles. The predicted octanol–water partition coefficient (Wildman–Crippen LogP) is 5.31. The average molecular weight is 311 g/mol. The van der Waals surface area contributed by atoms with E-state index in [1.165, 1.54) is 51.4 Å². The standard InChI is InChI=1S/C20H38O2/c1-14-6-8-19(21-4)17(10-14)12-16(3)13-18-11-15(2)7-9-20(18)22-5/h14-20H,6-13H2,1-5H3. The van der Waals surface area contributed by atoms with Crippen LogP contribution in [0.4, 0.5) is 0 Å². The van der Waals surface area contributed by atoms with Gasteiger partial charge in [0, 0.05) is 14.2 Å². The maximum absolute atomic E-state index is 5.78. The normalized spacial score (nSPS) is 41.3. The van der Waals surface area contributed by atoms with Crippen molar-refractivity contribution < 1.29 is 9.47 Å². The highest BCUT2D eigenvalue weighted by molar-refractivity contribution is 4.84. The molecule has 0 spiro atoms. The molecule has 0 aromatic rings. The molecule has 2 aliphatic carbocycles. The van der Waals surface area contributed by atoms with E-state index >= 15 is 0 Å². The lowest BCUT2D eigenvalue weighted by atomic mass is 9.72. The zero-order valence-electron chi connectivity index (χ0n) is 15.5. The Hall–Kier alpha value is -0.0800. The molecular weight excluding hydrogens is 272 g/mol. The van der Waals surface area contributed by atoms with Crippen LogP contribution in [0.1, 0.15) is 72.1 Å². The molecule has 2 nitrogen and oxygen atoms in total. The van der Waals surface area contributed by atoms with Crippen LogP contribution in [0.3, 0.4) is 0 Å². The van der Waals surface area contributed by atoms with Gasteiger partial charge in [-0.1, -0.05) is 20.8 Å². The van der Waals surface area contributed by atoms with Crippen molar-refractivity contribution in [3.63, 3.8) is 0 Å². The summed E-state index contributed by atoms with van der Waals surface area (Å²) in [5.41, 5.74) is 0. The molecule has 0 N–H and O–H groups in total. The van der Waals surface area contributed by atoms with Gasteiger partial charge in [-0.25, -0.2) is 0 Å². The third kappa shape index (κ3) is 4.96. The van der Waals surface area contributed by atoms with Crippen LogP contribution < -0.4 is 0 Å². The van der Waals surface area contributed by atoms with E-state index in [-0.39, 0.29) is 0 Å². The molecule has 2 rings (SSSR count). The minimum Gasteiger partial charge on any atom is -0.381 e. The molecule has 6 atom stereocenters. The van der Waals surface area contributed by atoms with Crippen molar-refractivity contribution in [2.24, 2.45) is 29.6 Å². The van der Waals surface area contributed by atoms with Crippen molar-refractivity contribution in [2.75, 3.05) is 14.2 Å². The van der Waals surface area contributed by atoms with Crippen molar-refractivity contribution in [1.29, 1.82) is 0 Å². The van der Waals surface area contributed by atoms with Gasteiger partial charge in [0.1, 0.15) is 0 Å². The third-order valence-corrected chi connectivity index (χ3v) is 6.37. The summed E-state index contributed by atoms with van der Waals surface area (Å²) in [5.74, 6) is 4.09. The molecule has 2 aliphatic rings. The third-order valence-electron chi connectivity index (χ3n) is 6.37.